The first-order chi connectivity index (χ1) is 13.5. The Morgan fingerprint density at radius 1 is 1.04 bits per heavy atom. The summed E-state index contributed by atoms with van der Waals surface area (Å²) < 4.78 is 0. The minimum atomic E-state index is -0.902. The van der Waals surface area contributed by atoms with Crippen molar-refractivity contribution in [1.82, 2.24) is 0 Å². The van der Waals surface area contributed by atoms with Gasteiger partial charge >= 0.3 is 5.97 Å². The lowest BCUT2D eigenvalue weighted by Crippen LogP contribution is -2.30. The second kappa shape index (κ2) is 9.67. The van der Waals surface area contributed by atoms with Gasteiger partial charge in [0.15, 0.2) is 0 Å². The SMILES string of the molecule is CCCCC[C@@H]1CC[C@@H](C2CCCCC2)CC1c1c(N)cc(N)cc1C(=O)O. The summed E-state index contributed by atoms with van der Waals surface area (Å²) in [5.74, 6) is 1.42. The van der Waals surface area contributed by atoms with Gasteiger partial charge in [0, 0.05) is 11.4 Å². The largest absolute Gasteiger partial charge is 0.478 e. The molecule has 1 aromatic rings. The predicted octanol–water partition coefficient (Wildman–Crippen LogP) is 6.21. The maximum absolute atomic E-state index is 12.0. The smallest absolute Gasteiger partial charge is 0.336 e. The predicted molar refractivity (Wildman–Crippen MR) is 117 cm³/mol. The third kappa shape index (κ3) is 4.82. The molecule has 2 aliphatic carbocycles. The Hall–Kier alpha value is -1.71. The number of hydrogen-bond donors (Lipinski definition) is 3. The molecule has 0 heterocycles. The van der Waals surface area contributed by atoms with E-state index in [2.05, 4.69) is 6.92 Å². The van der Waals surface area contributed by atoms with Gasteiger partial charge in [-0.05, 0) is 67.1 Å². The molecule has 0 spiro atoms. The van der Waals surface area contributed by atoms with Crippen molar-refractivity contribution >= 4 is 17.3 Å². The van der Waals surface area contributed by atoms with Gasteiger partial charge in [-0.15, -0.1) is 0 Å². The Morgan fingerprint density at radius 2 is 1.79 bits per heavy atom. The van der Waals surface area contributed by atoms with Gasteiger partial charge in [0.05, 0.1) is 5.56 Å². The molecule has 2 aliphatic rings. The van der Waals surface area contributed by atoms with Gasteiger partial charge in [0.2, 0.25) is 0 Å². The van der Waals surface area contributed by atoms with E-state index in [4.69, 9.17) is 11.5 Å². The minimum absolute atomic E-state index is 0.254. The molecule has 156 valence electrons. The Morgan fingerprint density at radius 3 is 2.46 bits per heavy atom. The van der Waals surface area contributed by atoms with Crippen LogP contribution in [-0.2, 0) is 0 Å². The first kappa shape index (κ1) is 21.0. The van der Waals surface area contributed by atoms with E-state index in [1.807, 2.05) is 0 Å². The standard InChI is InChI=1S/C24H38N2O2/c1-2-3-5-10-17-11-12-18(16-8-6-4-7-9-16)13-20(17)23-21(24(27)28)14-19(25)15-22(23)26/h14-18,20H,2-13,25-26H2,1H3,(H,27,28)/t17-,18-,20?/m1/s1. The zero-order valence-electron chi connectivity index (χ0n) is 17.5. The summed E-state index contributed by atoms with van der Waals surface area (Å²) in [5.41, 5.74) is 14.5. The summed E-state index contributed by atoms with van der Waals surface area (Å²) >= 11 is 0. The Labute approximate surface area is 170 Å². The normalized spacial score (nSPS) is 26.2. The molecule has 0 aliphatic heterocycles. The average Bonchev–Trinajstić information content (AvgIpc) is 2.68. The highest BCUT2D eigenvalue weighted by Gasteiger charge is 2.37. The minimum Gasteiger partial charge on any atom is -0.478 e. The fourth-order valence-corrected chi connectivity index (χ4v) is 5.94. The van der Waals surface area contributed by atoms with Crippen LogP contribution < -0.4 is 11.5 Å². The molecule has 2 saturated carbocycles. The molecule has 3 rings (SSSR count). The number of anilines is 2. The molecule has 3 atom stereocenters. The Bertz CT molecular complexity index is 667. The molecule has 4 nitrogen and oxygen atoms in total. The quantitative estimate of drug-likeness (QED) is 0.384. The van der Waals surface area contributed by atoms with Crippen molar-refractivity contribution in [3.63, 3.8) is 0 Å². The lowest BCUT2D eigenvalue weighted by Gasteiger charge is -2.42. The lowest BCUT2D eigenvalue weighted by atomic mass is 9.63. The van der Waals surface area contributed by atoms with Crippen LogP contribution in [0.4, 0.5) is 11.4 Å². The number of nitrogen functional groups attached to an aromatic ring is 2. The number of carboxylic acids is 1. The van der Waals surface area contributed by atoms with E-state index in [0.29, 0.717) is 28.8 Å². The van der Waals surface area contributed by atoms with Crippen molar-refractivity contribution < 1.29 is 9.90 Å². The molecule has 5 N–H and O–H groups in total. The van der Waals surface area contributed by atoms with Crippen LogP contribution in [0.15, 0.2) is 12.1 Å². The summed E-state index contributed by atoms with van der Waals surface area (Å²) in [6.45, 7) is 2.23. The van der Waals surface area contributed by atoms with E-state index in [1.165, 1.54) is 70.6 Å². The van der Waals surface area contributed by atoms with Gasteiger partial charge in [0.25, 0.3) is 0 Å². The van der Waals surface area contributed by atoms with Gasteiger partial charge in [-0.3, -0.25) is 0 Å². The maximum Gasteiger partial charge on any atom is 0.336 e. The van der Waals surface area contributed by atoms with E-state index in [9.17, 15) is 9.90 Å². The van der Waals surface area contributed by atoms with Gasteiger partial charge in [-0.25, -0.2) is 4.79 Å². The fraction of sp³-hybridized carbons (Fsp3) is 0.708. The second-order valence-electron chi connectivity index (χ2n) is 9.21. The summed E-state index contributed by atoms with van der Waals surface area (Å²) in [6.07, 6.45) is 15.3. The van der Waals surface area contributed by atoms with Gasteiger partial charge < -0.3 is 16.6 Å². The van der Waals surface area contributed by atoms with E-state index >= 15 is 0 Å². The molecular weight excluding hydrogens is 348 g/mol. The summed E-state index contributed by atoms with van der Waals surface area (Å²) in [5, 5.41) is 9.85. The molecule has 1 aromatic carbocycles. The number of carboxylic acid groups (broad SMARTS) is 1. The number of hydrogen-bond acceptors (Lipinski definition) is 3. The van der Waals surface area contributed by atoms with Crippen molar-refractivity contribution in [2.45, 2.75) is 89.9 Å². The van der Waals surface area contributed by atoms with Crippen LogP contribution in [0.5, 0.6) is 0 Å². The van der Waals surface area contributed by atoms with E-state index in [-0.39, 0.29) is 5.92 Å². The van der Waals surface area contributed by atoms with Crippen molar-refractivity contribution in [2.24, 2.45) is 17.8 Å². The molecule has 0 amide bonds. The van der Waals surface area contributed by atoms with Crippen molar-refractivity contribution in [3.8, 4) is 0 Å². The average molecular weight is 387 g/mol. The molecule has 0 bridgehead atoms. The molecule has 1 unspecified atom stereocenters. The molecule has 0 saturated heterocycles. The first-order valence-electron chi connectivity index (χ1n) is 11.4. The molecule has 2 fully saturated rings. The summed E-state index contributed by atoms with van der Waals surface area (Å²) in [6, 6.07) is 3.37. The zero-order valence-corrected chi connectivity index (χ0v) is 17.5. The Balaban J connectivity index is 1.90. The van der Waals surface area contributed by atoms with Crippen LogP contribution in [0.3, 0.4) is 0 Å². The van der Waals surface area contributed by atoms with E-state index < -0.39 is 5.97 Å². The molecular formula is C24H38N2O2. The number of rotatable bonds is 7. The summed E-state index contributed by atoms with van der Waals surface area (Å²) in [7, 11) is 0. The van der Waals surface area contributed by atoms with Crippen LogP contribution >= 0.6 is 0 Å². The number of aromatic carboxylic acids is 1. The number of carbonyl (C=O) groups is 1. The monoisotopic (exact) mass is 386 g/mol. The fourth-order valence-electron chi connectivity index (χ4n) is 5.94. The summed E-state index contributed by atoms with van der Waals surface area (Å²) in [4.78, 5) is 12.0. The number of benzene rings is 1. The maximum atomic E-state index is 12.0. The van der Waals surface area contributed by atoms with Crippen molar-refractivity contribution in [2.75, 3.05) is 11.5 Å². The van der Waals surface area contributed by atoms with Gasteiger partial charge in [-0.2, -0.15) is 0 Å². The van der Waals surface area contributed by atoms with Crippen LogP contribution in [0.2, 0.25) is 0 Å². The van der Waals surface area contributed by atoms with Gasteiger partial charge in [-0.1, -0.05) is 58.3 Å². The van der Waals surface area contributed by atoms with Crippen LogP contribution in [0.25, 0.3) is 0 Å². The molecule has 28 heavy (non-hydrogen) atoms. The van der Waals surface area contributed by atoms with Crippen molar-refractivity contribution in [3.05, 3.63) is 23.3 Å². The lowest BCUT2D eigenvalue weighted by molar-refractivity contribution is 0.0692. The molecule has 0 radical (unpaired) electrons. The van der Waals surface area contributed by atoms with Crippen LogP contribution in [0, 0.1) is 17.8 Å². The number of unbranched alkanes of at least 4 members (excludes halogenated alkanes) is 2. The van der Waals surface area contributed by atoms with Crippen molar-refractivity contribution in [1.29, 1.82) is 0 Å². The third-order valence-corrected chi connectivity index (χ3v) is 7.36. The first-order valence-corrected chi connectivity index (χ1v) is 11.4. The van der Waals surface area contributed by atoms with Crippen LogP contribution in [-0.4, -0.2) is 11.1 Å². The highest BCUT2D eigenvalue weighted by Crippen LogP contribution is 2.50. The third-order valence-electron chi connectivity index (χ3n) is 7.36. The van der Waals surface area contributed by atoms with E-state index in [0.717, 1.165) is 17.9 Å². The highest BCUT2D eigenvalue weighted by molar-refractivity contribution is 5.93. The molecule has 4 heteroatoms. The van der Waals surface area contributed by atoms with Gasteiger partial charge in [0.1, 0.15) is 0 Å². The molecule has 0 aromatic heterocycles. The highest BCUT2D eigenvalue weighted by atomic mass is 16.4. The second-order valence-corrected chi connectivity index (χ2v) is 9.21. The number of nitrogens with two attached hydrogens (primary N) is 2. The van der Waals surface area contributed by atoms with E-state index in [1.54, 1.807) is 12.1 Å². The topological polar surface area (TPSA) is 89.3 Å². The van der Waals surface area contributed by atoms with Crippen LogP contribution in [0.1, 0.15) is 106 Å². The Kier molecular flexibility index (Phi) is 7.25. The zero-order chi connectivity index (χ0) is 20.1.